The maximum absolute atomic E-state index is 12.3. The SMILES string of the molecule is Cc1c(CN2CCC(c3cc(=O)[nH]c(-c4ccccn4)n3)CC2)cnn1Cc1ccccc1. The van der Waals surface area contributed by atoms with E-state index >= 15 is 0 Å². The van der Waals surface area contributed by atoms with Crippen LogP contribution in [0.2, 0.25) is 0 Å². The minimum absolute atomic E-state index is 0.121. The Balaban J connectivity index is 1.23. The van der Waals surface area contributed by atoms with Crippen molar-refractivity contribution in [2.45, 2.75) is 38.8 Å². The molecule has 7 heteroatoms. The number of nitrogens with zero attached hydrogens (tertiary/aromatic N) is 5. The molecule has 0 aliphatic carbocycles. The molecule has 0 spiro atoms. The van der Waals surface area contributed by atoms with Gasteiger partial charge in [-0.05, 0) is 50.6 Å². The quantitative estimate of drug-likeness (QED) is 0.494. The second kappa shape index (κ2) is 9.50. The van der Waals surface area contributed by atoms with Crippen LogP contribution in [0.15, 0.2) is 71.8 Å². The molecule has 0 saturated carbocycles. The monoisotopic (exact) mass is 440 g/mol. The van der Waals surface area contributed by atoms with Crippen LogP contribution in [0.4, 0.5) is 0 Å². The average Bonchev–Trinajstić information content (AvgIpc) is 3.19. The van der Waals surface area contributed by atoms with Crippen LogP contribution in [0.5, 0.6) is 0 Å². The normalized spacial score (nSPS) is 15.1. The van der Waals surface area contributed by atoms with Gasteiger partial charge in [0.15, 0.2) is 5.82 Å². The van der Waals surface area contributed by atoms with Gasteiger partial charge in [0.2, 0.25) is 0 Å². The van der Waals surface area contributed by atoms with Gasteiger partial charge in [0, 0.05) is 36.0 Å². The van der Waals surface area contributed by atoms with Gasteiger partial charge < -0.3 is 4.98 Å². The van der Waals surface area contributed by atoms with Crippen molar-refractivity contribution in [2.75, 3.05) is 13.1 Å². The first-order valence-corrected chi connectivity index (χ1v) is 11.5. The first-order chi connectivity index (χ1) is 16.2. The molecule has 0 amide bonds. The van der Waals surface area contributed by atoms with Gasteiger partial charge >= 0.3 is 0 Å². The minimum Gasteiger partial charge on any atom is -0.305 e. The Hall–Kier alpha value is -3.58. The van der Waals surface area contributed by atoms with Crippen molar-refractivity contribution >= 4 is 0 Å². The van der Waals surface area contributed by atoms with E-state index in [1.807, 2.05) is 30.5 Å². The molecule has 1 fully saturated rings. The number of benzene rings is 1. The van der Waals surface area contributed by atoms with Crippen molar-refractivity contribution in [1.82, 2.24) is 29.6 Å². The highest BCUT2D eigenvalue weighted by molar-refractivity contribution is 5.48. The number of nitrogens with one attached hydrogen (secondary N) is 1. The molecule has 4 aromatic rings. The van der Waals surface area contributed by atoms with Gasteiger partial charge in [-0.2, -0.15) is 5.10 Å². The zero-order valence-corrected chi connectivity index (χ0v) is 18.8. The molecule has 3 aromatic heterocycles. The summed E-state index contributed by atoms with van der Waals surface area (Å²) >= 11 is 0. The third-order valence-electron chi connectivity index (χ3n) is 6.45. The van der Waals surface area contributed by atoms with Gasteiger partial charge in [-0.3, -0.25) is 19.4 Å². The second-order valence-electron chi connectivity index (χ2n) is 8.68. The van der Waals surface area contributed by atoms with Gasteiger partial charge in [-0.1, -0.05) is 36.4 Å². The van der Waals surface area contributed by atoms with Crippen LogP contribution in [0.25, 0.3) is 11.5 Å². The highest BCUT2D eigenvalue weighted by Crippen LogP contribution is 2.28. The Bertz CT molecular complexity index is 1260. The molecular formula is C26H28N6O. The van der Waals surface area contributed by atoms with Crippen LogP contribution in [0, 0.1) is 6.92 Å². The van der Waals surface area contributed by atoms with E-state index in [1.165, 1.54) is 16.8 Å². The largest absolute Gasteiger partial charge is 0.305 e. The number of likely N-dealkylation sites (tertiary alicyclic amines) is 1. The summed E-state index contributed by atoms with van der Waals surface area (Å²) in [6.07, 6.45) is 5.68. The maximum Gasteiger partial charge on any atom is 0.251 e. The molecule has 0 radical (unpaired) electrons. The molecule has 1 aliphatic heterocycles. The lowest BCUT2D eigenvalue weighted by Gasteiger charge is -2.31. The van der Waals surface area contributed by atoms with Crippen LogP contribution in [-0.2, 0) is 13.1 Å². The lowest BCUT2D eigenvalue weighted by Crippen LogP contribution is -2.33. The third-order valence-corrected chi connectivity index (χ3v) is 6.45. The molecule has 33 heavy (non-hydrogen) atoms. The number of hydrogen-bond donors (Lipinski definition) is 1. The summed E-state index contributed by atoms with van der Waals surface area (Å²) in [6, 6.07) is 17.7. The fraction of sp³-hybridized carbons (Fsp3) is 0.308. The van der Waals surface area contributed by atoms with E-state index < -0.39 is 0 Å². The number of pyridine rings is 1. The van der Waals surface area contributed by atoms with Crippen molar-refractivity contribution in [3.63, 3.8) is 0 Å². The smallest absolute Gasteiger partial charge is 0.251 e. The van der Waals surface area contributed by atoms with Gasteiger partial charge in [0.1, 0.15) is 5.69 Å². The lowest BCUT2D eigenvalue weighted by molar-refractivity contribution is 0.203. The highest BCUT2D eigenvalue weighted by Gasteiger charge is 2.23. The molecule has 1 aromatic carbocycles. The summed E-state index contributed by atoms with van der Waals surface area (Å²) in [4.78, 5) is 26.6. The Kier molecular flexibility index (Phi) is 6.13. The summed E-state index contributed by atoms with van der Waals surface area (Å²) in [5, 5.41) is 4.62. The third kappa shape index (κ3) is 4.93. The Labute approximate surface area is 193 Å². The standard InChI is InChI=1S/C26H28N6O/c1-19-22(16-28-32(19)17-20-7-3-2-4-8-20)18-31-13-10-21(11-14-31)24-15-25(33)30-26(29-24)23-9-5-6-12-27-23/h2-9,12,15-16,21H,10-11,13-14,17-18H2,1H3,(H,29,30,33). The Morgan fingerprint density at radius 3 is 2.58 bits per heavy atom. The minimum atomic E-state index is -0.121. The van der Waals surface area contributed by atoms with Crippen molar-refractivity contribution < 1.29 is 0 Å². The van der Waals surface area contributed by atoms with Gasteiger partial charge in [-0.15, -0.1) is 0 Å². The van der Waals surface area contributed by atoms with Crippen LogP contribution >= 0.6 is 0 Å². The molecule has 0 atom stereocenters. The average molecular weight is 441 g/mol. The number of aromatic amines is 1. The first kappa shape index (κ1) is 21.3. The summed E-state index contributed by atoms with van der Waals surface area (Å²) in [5.41, 5.74) is 5.19. The second-order valence-corrected chi connectivity index (χ2v) is 8.68. The molecule has 1 aliphatic rings. The maximum atomic E-state index is 12.3. The topological polar surface area (TPSA) is 79.7 Å². The zero-order valence-electron chi connectivity index (χ0n) is 18.8. The van der Waals surface area contributed by atoms with E-state index in [0.717, 1.165) is 44.7 Å². The van der Waals surface area contributed by atoms with E-state index in [0.29, 0.717) is 11.5 Å². The number of piperidine rings is 1. The van der Waals surface area contributed by atoms with E-state index in [1.54, 1.807) is 12.3 Å². The summed E-state index contributed by atoms with van der Waals surface area (Å²) in [6.45, 7) is 5.79. The number of aromatic nitrogens is 5. The first-order valence-electron chi connectivity index (χ1n) is 11.5. The molecule has 4 heterocycles. The Morgan fingerprint density at radius 2 is 1.82 bits per heavy atom. The van der Waals surface area contributed by atoms with Gasteiger partial charge in [-0.25, -0.2) is 4.98 Å². The zero-order chi connectivity index (χ0) is 22.6. The number of rotatable bonds is 6. The predicted molar refractivity (Wildman–Crippen MR) is 128 cm³/mol. The van der Waals surface area contributed by atoms with Crippen molar-refractivity contribution in [3.8, 4) is 11.5 Å². The molecule has 7 nitrogen and oxygen atoms in total. The Morgan fingerprint density at radius 1 is 1.03 bits per heavy atom. The lowest BCUT2D eigenvalue weighted by atomic mass is 9.93. The summed E-state index contributed by atoms with van der Waals surface area (Å²) in [5.74, 6) is 0.829. The van der Waals surface area contributed by atoms with Gasteiger partial charge in [0.05, 0.1) is 18.4 Å². The molecule has 1 saturated heterocycles. The number of H-pyrrole nitrogens is 1. The summed E-state index contributed by atoms with van der Waals surface area (Å²) in [7, 11) is 0. The predicted octanol–water partition coefficient (Wildman–Crippen LogP) is 3.76. The van der Waals surface area contributed by atoms with Gasteiger partial charge in [0.25, 0.3) is 5.56 Å². The molecule has 168 valence electrons. The number of hydrogen-bond acceptors (Lipinski definition) is 5. The molecule has 0 unspecified atom stereocenters. The van der Waals surface area contributed by atoms with E-state index in [9.17, 15) is 4.79 Å². The van der Waals surface area contributed by atoms with Crippen LogP contribution in [0.3, 0.4) is 0 Å². The van der Waals surface area contributed by atoms with E-state index in [2.05, 4.69) is 55.8 Å². The molecule has 1 N–H and O–H groups in total. The fourth-order valence-electron chi connectivity index (χ4n) is 4.49. The van der Waals surface area contributed by atoms with E-state index in [-0.39, 0.29) is 11.5 Å². The highest BCUT2D eigenvalue weighted by atomic mass is 16.1. The molecular weight excluding hydrogens is 412 g/mol. The van der Waals surface area contributed by atoms with Crippen molar-refractivity contribution in [3.05, 3.63) is 99.9 Å². The van der Waals surface area contributed by atoms with Crippen molar-refractivity contribution in [1.29, 1.82) is 0 Å². The molecule has 0 bridgehead atoms. The van der Waals surface area contributed by atoms with Crippen molar-refractivity contribution in [2.24, 2.45) is 0 Å². The van der Waals surface area contributed by atoms with Crippen LogP contribution in [-0.4, -0.2) is 42.7 Å². The van der Waals surface area contributed by atoms with Crippen LogP contribution < -0.4 is 5.56 Å². The summed E-state index contributed by atoms with van der Waals surface area (Å²) < 4.78 is 2.08. The molecule has 5 rings (SSSR count). The van der Waals surface area contributed by atoms with E-state index in [4.69, 9.17) is 4.98 Å². The fourth-order valence-corrected chi connectivity index (χ4v) is 4.49. The van der Waals surface area contributed by atoms with Crippen LogP contribution in [0.1, 0.15) is 41.3 Å².